The van der Waals surface area contributed by atoms with Crippen molar-refractivity contribution in [2.24, 2.45) is 0 Å². The quantitative estimate of drug-likeness (QED) is 0.244. The number of amides is 1. The number of rotatable bonds is 8. The van der Waals surface area contributed by atoms with Crippen LogP contribution in [0.2, 0.25) is 10.0 Å². The second-order valence-electron chi connectivity index (χ2n) is 8.13. The van der Waals surface area contributed by atoms with Crippen molar-refractivity contribution >= 4 is 57.5 Å². The molecule has 2 aromatic carbocycles. The zero-order valence-corrected chi connectivity index (χ0v) is 22.2. The van der Waals surface area contributed by atoms with Crippen molar-refractivity contribution in [3.8, 4) is 11.5 Å². The lowest BCUT2D eigenvalue weighted by Crippen LogP contribution is -2.13. The van der Waals surface area contributed by atoms with Crippen LogP contribution in [-0.2, 0) is 29.0 Å². The van der Waals surface area contributed by atoms with Crippen LogP contribution in [0.3, 0.4) is 0 Å². The maximum absolute atomic E-state index is 12.7. The summed E-state index contributed by atoms with van der Waals surface area (Å²) in [5, 5.41) is 4.43. The molecule has 1 aliphatic carbocycles. The van der Waals surface area contributed by atoms with E-state index in [-0.39, 0.29) is 12.5 Å². The van der Waals surface area contributed by atoms with Crippen LogP contribution in [0.1, 0.15) is 44.8 Å². The van der Waals surface area contributed by atoms with Gasteiger partial charge in [0.25, 0.3) is 0 Å². The van der Waals surface area contributed by atoms with E-state index in [1.165, 1.54) is 31.6 Å². The Bertz CT molecular complexity index is 1300. The van der Waals surface area contributed by atoms with Crippen LogP contribution in [-0.4, -0.2) is 26.1 Å². The summed E-state index contributed by atoms with van der Waals surface area (Å²) in [7, 11) is 2.89. The number of fused-ring (bicyclic) bond motifs is 1. The number of aryl methyl sites for hydroxylation is 1. The normalized spacial score (nSPS) is 12.8. The standard InChI is InChI=1S/C27H25Cl2NO5S/c1-33-22-14-16(10-12-21(22)35-15-18-19(28)7-5-8-20(18)29)11-13-24(31)30-26-25(27(32)34-2)17-6-3-4-9-23(17)36-26/h5,7-8,10-14H,3-4,6,9,15H2,1-2H3,(H,30,31). The molecule has 0 atom stereocenters. The Labute approximate surface area is 223 Å². The van der Waals surface area contributed by atoms with Gasteiger partial charge in [-0.15, -0.1) is 11.3 Å². The smallest absolute Gasteiger partial charge is 0.341 e. The van der Waals surface area contributed by atoms with E-state index in [0.29, 0.717) is 37.7 Å². The Morgan fingerprint density at radius 3 is 2.53 bits per heavy atom. The predicted molar refractivity (Wildman–Crippen MR) is 144 cm³/mol. The van der Waals surface area contributed by atoms with Crippen molar-refractivity contribution in [3.63, 3.8) is 0 Å². The molecule has 1 heterocycles. The molecule has 0 bridgehead atoms. The van der Waals surface area contributed by atoms with Gasteiger partial charge in [-0.1, -0.05) is 35.3 Å². The predicted octanol–water partition coefficient (Wildman–Crippen LogP) is 6.96. The van der Waals surface area contributed by atoms with E-state index in [1.54, 1.807) is 42.5 Å². The SMILES string of the molecule is COC(=O)c1c(NC(=O)C=Cc2ccc(OCc3c(Cl)cccc3Cl)c(OC)c2)sc2c1CCCC2. The summed E-state index contributed by atoms with van der Waals surface area (Å²) < 4.78 is 16.3. The van der Waals surface area contributed by atoms with E-state index in [0.717, 1.165) is 41.7 Å². The summed E-state index contributed by atoms with van der Waals surface area (Å²) >= 11 is 13.9. The first-order chi connectivity index (χ1) is 17.4. The minimum Gasteiger partial charge on any atom is -0.493 e. The van der Waals surface area contributed by atoms with Gasteiger partial charge >= 0.3 is 5.97 Å². The van der Waals surface area contributed by atoms with Crippen LogP contribution in [0.15, 0.2) is 42.5 Å². The third-order valence-electron chi connectivity index (χ3n) is 5.85. The molecule has 9 heteroatoms. The largest absolute Gasteiger partial charge is 0.493 e. The molecule has 0 fully saturated rings. The lowest BCUT2D eigenvalue weighted by atomic mass is 9.95. The Balaban J connectivity index is 1.46. The third-order valence-corrected chi connectivity index (χ3v) is 7.76. The second-order valence-corrected chi connectivity index (χ2v) is 10.0. The minimum atomic E-state index is -0.424. The first-order valence-electron chi connectivity index (χ1n) is 11.4. The van der Waals surface area contributed by atoms with Crippen molar-refractivity contribution in [3.05, 3.63) is 79.7 Å². The summed E-state index contributed by atoms with van der Waals surface area (Å²) in [4.78, 5) is 26.2. The third kappa shape index (κ3) is 5.86. The number of methoxy groups -OCH3 is 2. The highest BCUT2D eigenvalue weighted by Gasteiger charge is 2.26. The van der Waals surface area contributed by atoms with E-state index in [2.05, 4.69) is 5.32 Å². The van der Waals surface area contributed by atoms with Gasteiger partial charge in [-0.3, -0.25) is 4.79 Å². The lowest BCUT2D eigenvalue weighted by molar-refractivity contribution is -0.111. The van der Waals surface area contributed by atoms with Crippen molar-refractivity contribution < 1.29 is 23.8 Å². The molecule has 1 N–H and O–H groups in total. The van der Waals surface area contributed by atoms with Gasteiger partial charge in [0.1, 0.15) is 11.6 Å². The fraction of sp³-hybridized carbons (Fsp3) is 0.259. The van der Waals surface area contributed by atoms with E-state index >= 15 is 0 Å². The molecule has 4 rings (SSSR count). The van der Waals surface area contributed by atoms with E-state index < -0.39 is 5.97 Å². The van der Waals surface area contributed by atoms with Crippen LogP contribution in [0.4, 0.5) is 5.00 Å². The molecule has 0 unspecified atom stereocenters. The minimum absolute atomic E-state index is 0.180. The van der Waals surface area contributed by atoms with Gasteiger partial charge < -0.3 is 19.5 Å². The van der Waals surface area contributed by atoms with E-state index in [1.807, 2.05) is 0 Å². The van der Waals surface area contributed by atoms with Gasteiger partial charge in [0.15, 0.2) is 11.5 Å². The highest BCUT2D eigenvalue weighted by atomic mass is 35.5. The maximum Gasteiger partial charge on any atom is 0.341 e. The number of halogens is 2. The molecule has 0 radical (unpaired) electrons. The number of carbonyl (C=O) groups excluding carboxylic acids is 2. The van der Waals surface area contributed by atoms with Crippen molar-refractivity contribution in [1.29, 1.82) is 0 Å². The molecule has 0 aliphatic heterocycles. The number of esters is 1. The molecule has 1 amide bonds. The first kappa shape index (κ1) is 26.1. The molecule has 36 heavy (non-hydrogen) atoms. The summed E-state index contributed by atoms with van der Waals surface area (Å²) in [5.41, 5.74) is 2.89. The highest BCUT2D eigenvalue weighted by Crippen LogP contribution is 2.38. The number of thiophene rings is 1. The first-order valence-corrected chi connectivity index (χ1v) is 12.9. The molecule has 0 saturated carbocycles. The fourth-order valence-electron chi connectivity index (χ4n) is 4.02. The molecular weight excluding hydrogens is 521 g/mol. The Hall–Kier alpha value is -3.00. The average molecular weight is 546 g/mol. The van der Waals surface area contributed by atoms with Crippen LogP contribution < -0.4 is 14.8 Å². The molecule has 3 aromatic rings. The summed E-state index contributed by atoms with van der Waals surface area (Å²) in [5.74, 6) is 0.250. The van der Waals surface area contributed by atoms with Crippen LogP contribution in [0.25, 0.3) is 6.08 Å². The molecule has 1 aliphatic rings. The summed E-state index contributed by atoms with van der Waals surface area (Å²) in [6.45, 7) is 0.180. The number of hydrogen-bond acceptors (Lipinski definition) is 6. The topological polar surface area (TPSA) is 73.9 Å². The molecule has 6 nitrogen and oxygen atoms in total. The Morgan fingerprint density at radius 2 is 1.81 bits per heavy atom. The van der Waals surface area contributed by atoms with Crippen molar-refractivity contribution in [1.82, 2.24) is 0 Å². The number of nitrogens with one attached hydrogen (secondary N) is 1. The van der Waals surface area contributed by atoms with Crippen LogP contribution in [0.5, 0.6) is 11.5 Å². The zero-order valence-electron chi connectivity index (χ0n) is 19.9. The highest BCUT2D eigenvalue weighted by molar-refractivity contribution is 7.17. The van der Waals surface area contributed by atoms with Gasteiger partial charge in [-0.2, -0.15) is 0 Å². The number of anilines is 1. The average Bonchev–Trinajstić information content (AvgIpc) is 3.24. The molecule has 0 spiro atoms. The van der Waals surface area contributed by atoms with E-state index in [9.17, 15) is 9.59 Å². The number of carbonyl (C=O) groups is 2. The molecule has 0 saturated heterocycles. The van der Waals surface area contributed by atoms with Crippen molar-refractivity contribution in [2.75, 3.05) is 19.5 Å². The fourth-order valence-corrected chi connectivity index (χ4v) is 5.81. The van der Waals surface area contributed by atoms with E-state index in [4.69, 9.17) is 37.4 Å². The summed E-state index contributed by atoms with van der Waals surface area (Å²) in [6, 6.07) is 10.6. The van der Waals surface area contributed by atoms with Crippen LogP contribution in [0, 0.1) is 0 Å². The second kappa shape index (κ2) is 11.8. The Morgan fingerprint density at radius 1 is 1.06 bits per heavy atom. The number of hydrogen-bond donors (Lipinski definition) is 1. The van der Waals surface area contributed by atoms with Gasteiger partial charge in [-0.05, 0) is 67.2 Å². The van der Waals surface area contributed by atoms with Crippen LogP contribution >= 0.6 is 34.5 Å². The maximum atomic E-state index is 12.7. The van der Waals surface area contributed by atoms with Gasteiger partial charge in [0.2, 0.25) is 5.91 Å². The number of benzene rings is 2. The lowest BCUT2D eigenvalue weighted by Gasteiger charge is -2.13. The Kier molecular flexibility index (Phi) is 8.56. The summed E-state index contributed by atoms with van der Waals surface area (Å²) in [6.07, 6.45) is 6.91. The zero-order chi connectivity index (χ0) is 25.7. The molecule has 188 valence electrons. The van der Waals surface area contributed by atoms with Gasteiger partial charge in [0.05, 0.1) is 19.8 Å². The molecular formula is C27H25Cl2NO5S. The van der Waals surface area contributed by atoms with Gasteiger partial charge in [-0.25, -0.2) is 4.79 Å². The van der Waals surface area contributed by atoms with Crippen molar-refractivity contribution in [2.45, 2.75) is 32.3 Å². The number of ether oxygens (including phenoxy) is 3. The molecule has 1 aromatic heterocycles. The van der Waals surface area contributed by atoms with Gasteiger partial charge in [0, 0.05) is 26.6 Å². The monoisotopic (exact) mass is 545 g/mol.